The molecule has 4 rings (SSSR count). The SMILES string of the molecule is CCC(O)(c1cn(Cc2ccc3c(-c4ccccc4)cc(C(C)=O)nc3c2)nn1)C(F)(F)F. The Morgan fingerprint density at radius 3 is 2.45 bits per heavy atom. The van der Waals surface area contributed by atoms with Crippen molar-refractivity contribution in [3.63, 3.8) is 0 Å². The smallest absolute Gasteiger partial charge is 0.375 e. The van der Waals surface area contributed by atoms with Gasteiger partial charge in [0, 0.05) is 12.3 Å². The topological polar surface area (TPSA) is 80.9 Å². The average Bonchev–Trinajstić information content (AvgIpc) is 3.26. The lowest BCUT2D eigenvalue weighted by Gasteiger charge is -2.26. The number of aromatic nitrogens is 4. The molecule has 0 saturated heterocycles. The van der Waals surface area contributed by atoms with Gasteiger partial charge in [-0.2, -0.15) is 13.2 Å². The summed E-state index contributed by atoms with van der Waals surface area (Å²) in [6.45, 7) is 2.80. The van der Waals surface area contributed by atoms with Crippen molar-refractivity contribution in [3.8, 4) is 11.1 Å². The maximum atomic E-state index is 13.3. The van der Waals surface area contributed by atoms with Gasteiger partial charge in [0.25, 0.3) is 0 Å². The van der Waals surface area contributed by atoms with E-state index in [1.807, 2.05) is 42.5 Å². The van der Waals surface area contributed by atoms with Crippen LogP contribution in [-0.4, -0.2) is 37.0 Å². The number of carbonyl (C=O) groups is 1. The van der Waals surface area contributed by atoms with Crippen LogP contribution in [-0.2, 0) is 12.1 Å². The summed E-state index contributed by atoms with van der Waals surface area (Å²) in [5.74, 6) is -0.175. The Morgan fingerprint density at radius 1 is 1.09 bits per heavy atom. The Balaban J connectivity index is 1.72. The molecule has 0 aliphatic rings. The van der Waals surface area contributed by atoms with Crippen LogP contribution in [0.1, 0.15) is 42.0 Å². The van der Waals surface area contributed by atoms with Crippen molar-refractivity contribution in [3.05, 3.63) is 77.7 Å². The average molecular weight is 454 g/mol. The molecule has 4 aromatic rings. The largest absolute Gasteiger partial charge is 0.423 e. The number of Topliss-reactive ketones (excluding diaryl/α,β-unsaturated/α-hetero) is 1. The number of benzene rings is 2. The molecule has 6 nitrogen and oxygen atoms in total. The predicted molar refractivity (Wildman–Crippen MR) is 117 cm³/mol. The minimum atomic E-state index is -4.87. The molecular formula is C24H21F3N4O2. The zero-order chi connectivity index (χ0) is 23.8. The zero-order valence-corrected chi connectivity index (χ0v) is 18.0. The predicted octanol–water partition coefficient (Wildman–Crippen LogP) is 4.90. The number of hydrogen-bond acceptors (Lipinski definition) is 5. The van der Waals surface area contributed by atoms with Crippen molar-refractivity contribution >= 4 is 16.7 Å². The van der Waals surface area contributed by atoms with Crippen LogP contribution in [0.4, 0.5) is 13.2 Å². The Bertz CT molecular complexity index is 1320. The molecular weight excluding hydrogens is 433 g/mol. The second kappa shape index (κ2) is 8.40. The van der Waals surface area contributed by atoms with Crippen LogP contribution in [0, 0.1) is 0 Å². The van der Waals surface area contributed by atoms with E-state index in [1.165, 1.54) is 18.5 Å². The molecule has 0 bridgehead atoms. The summed E-state index contributed by atoms with van der Waals surface area (Å²) in [4.78, 5) is 16.5. The fourth-order valence-electron chi connectivity index (χ4n) is 3.69. The number of rotatable bonds is 6. The fraction of sp³-hybridized carbons (Fsp3) is 0.250. The highest BCUT2D eigenvalue weighted by Crippen LogP contribution is 2.40. The summed E-state index contributed by atoms with van der Waals surface area (Å²) in [6, 6.07) is 16.8. The molecule has 0 saturated carbocycles. The van der Waals surface area contributed by atoms with Crippen molar-refractivity contribution in [2.45, 2.75) is 38.6 Å². The monoisotopic (exact) mass is 454 g/mol. The van der Waals surface area contributed by atoms with E-state index in [2.05, 4.69) is 15.3 Å². The normalized spacial score (nSPS) is 13.8. The van der Waals surface area contributed by atoms with Gasteiger partial charge in [0.2, 0.25) is 5.60 Å². The van der Waals surface area contributed by atoms with Gasteiger partial charge in [-0.25, -0.2) is 9.67 Å². The summed E-state index contributed by atoms with van der Waals surface area (Å²) in [5.41, 5.74) is -0.207. The first-order chi connectivity index (χ1) is 15.6. The number of halogens is 3. The van der Waals surface area contributed by atoms with Crippen LogP contribution in [0.25, 0.3) is 22.0 Å². The van der Waals surface area contributed by atoms with Crippen molar-refractivity contribution in [1.29, 1.82) is 0 Å². The molecule has 1 N–H and O–H groups in total. The quantitative estimate of drug-likeness (QED) is 0.419. The van der Waals surface area contributed by atoms with Gasteiger partial charge < -0.3 is 5.11 Å². The summed E-state index contributed by atoms with van der Waals surface area (Å²) >= 11 is 0. The maximum absolute atomic E-state index is 13.3. The minimum Gasteiger partial charge on any atom is -0.375 e. The summed E-state index contributed by atoms with van der Waals surface area (Å²) < 4.78 is 41.2. The van der Waals surface area contributed by atoms with Gasteiger partial charge in [-0.05, 0) is 35.2 Å². The van der Waals surface area contributed by atoms with Gasteiger partial charge in [0.15, 0.2) is 5.78 Å². The molecule has 2 aromatic heterocycles. The zero-order valence-electron chi connectivity index (χ0n) is 18.0. The lowest BCUT2D eigenvalue weighted by atomic mass is 9.96. The number of nitrogens with zero attached hydrogens (tertiary/aromatic N) is 4. The highest BCUT2D eigenvalue weighted by Gasteiger charge is 2.55. The second-order valence-electron chi connectivity index (χ2n) is 7.84. The molecule has 0 amide bonds. The Morgan fingerprint density at radius 2 is 1.82 bits per heavy atom. The summed E-state index contributed by atoms with van der Waals surface area (Å²) in [7, 11) is 0. The number of ketones is 1. The van der Waals surface area contributed by atoms with E-state index in [0.717, 1.165) is 22.7 Å². The molecule has 2 aromatic carbocycles. The number of alkyl halides is 3. The van der Waals surface area contributed by atoms with Crippen LogP contribution in [0.15, 0.2) is 60.8 Å². The molecule has 0 spiro atoms. The number of pyridine rings is 1. The van der Waals surface area contributed by atoms with Crippen LogP contribution < -0.4 is 0 Å². The van der Waals surface area contributed by atoms with Crippen LogP contribution in [0.2, 0.25) is 0 Å². The molecule has 33 heavy (non-hydrogen) atoms. The minimum absolute atomic E-state index is 0.118. The standard InChI is InChI=1S/C24H21F3N4O2/c1-3-23(33,24(25,26)27)22-14-31(30-29-22)13-16-9-10-18-19(17-7-5-4-6-8-17)12-20(15(2)32)28-21(18)11-16/h4-12,14,33H,3,13H2,1-2H3. The molecule has 0 radical (unpaired) electrons. The molecule has 9 heteroatoms. The highest BCUT2D eigenvalue weighted by molar-refractivity contribution is 6.01. The lowest BCUT2D eigenvalue weighted by molar-refractivity contribution is -0.269. The summed E-state index contributed by atoms with van der Waals surface area (Å²) in [6.07, 6.45) is -4.35. The number of fused-ring (bicyclic) bond motifs is 1. The van der Waals surface area contributed by atoms with Crippen molar-refractivity contribution in [1.82, 2.24) is 20.0 Å². The first-order valence-corrected chi connectivity index (χ1v) is 10.3. The number of aliphatic hydroxyl groups is 1. The van der Waals surface area contributed by atoms with Crippen molar-refractivity contribution in [2.75, 3.05) is 0 Å². The van der Waals surface area contributed by atoms with E-state index >= 15 is 0 Å². The van der Waals surface area contributed by atoms with Gasteiger partial charge in [-0.1, -0.05) is 54.6 Å². The molecule has 0 fully saturated rings. The fourth-order valence-corrected chi connectivity index (χ4v) is 3.69. The van der Waals surface area contributed by atoms with Gasteiger partial charge in [-0.3, -0.25) is 4.79 Å². The first-order valence-electron chi connectivity index (χ1n) is 10.3. The highest BCUT2D eigenvalue weighted by atomic mass is 19.4. The van der Waals surface area contributed by atoms with Gasteiger partial charge in [0.1, 0.15) is 11.4 Å². The summed E-state index contributed by atoms with van der Waals surface area (Å²) in [5, 5.41) is 18.2. The third-order valence-electron chi connectivity index (χ3n) is 5.61. The number of hydrogen-bond donors (Lipinski definition) is 1. The van der Waals surface area contributed by atoms with Crippen molar-refractivity contribution < 1.29 is 23.1 Å². The van der Waals surface area contributed by atoms with Crippen LogP contribution in [0.3, 0.4) is 0 Å². The van der Waals surface area contributed by atoms with E-state index in [4.69, 9.17) is 0 Å². The van der Waals surface area contributed by atoms with Crippen LogP contribution >= 0.6 is 0 Å². The molecule has 0 aliphatic carbocycles. The van der Waals surface area contributed by atoms with Gasteiger partial charge in [-0.15, -0.1) is 5.10 Å². The van der Waals surface area contributed by atoms with E-state index in [0.29, 0.717) is 16.8 Å². The molecule has 1 atom stereocenters. The Labute approximate surface area is 187 Å². The molecule has 2 heterocycles. The molecule has 0 aliphatic heterocycles. The van der Waals surface area contributed by atoms with E-state index in [-0.39, 0.29) is 12.3 Å². The van der Waals surface area contributed by atoms with E-state index in [9.17, 15) is 23.1 Å². The van der Waals surface area contributed by atoms with Crippen molar-refractivity contribution in [2.24, 2.45) is 0 Å². The Kier molecular flexibility index (Phi) is 5.75. The molecule has 170 valence electrons. The van der Waals surface area contributed by atoms with E-state index < -0.39 is 23.9 Å². The Hall–Kier alpha value is -3.59. The lowest BCUT2D eigenvalue weighted by Crippen LogP contribution is -2.42. The third-order valence-corrected chi connectivity index (χ3v) is 5.61. The van der Waals surface area contributed by atoms with E-state index in [1.54, 1.807) is 12.1 Å². The van der Waals surface area contributed by atoms with Gasteiger partial charge >= 0.3 is 6.18 Å². The second-order valence-corrected chi connectivity index (χ2v) is 7.84. The van der Waals surface area contributed by atoms with Crippen LogP contribution in [0.5, 0.6) is 0 Å². The molecule has 1 unspecified atom stereocenters. The first kappa shape index (κ1) is 22.6. The maximum Gasteiger partial charge on any atom is 0.423 e. The third kappa shape index (κ3) is 4.23. The number of carbonyl (C=O) groups excluding carboxylic acids is 1. The van der Waals surface area contributed by atoms with Gasteiger partial charge in [0.05, 0.1) is 18.3 Å².